The number of ether oxygens (including phenoxy) is 1. The van der Waals surface area contributed by atoms with E-state index in [9.17, 15) is 9.59 Å². The highest BCUT2D eigenvalue weighted by Gasteiger charge is 2.07. The maximum Gasteiger partial charge on any atom is 0.305 e. The molecule has 0 N–H and O–H groups in total. The van der Waals surface area contributed by atoms with E-state index in [-0.39, 0.29) is 18.2 Å². The number of aryl methyl sites for hydroxylation is 2. The normalized spacial score (nSPS) is 10.1. The number of nitrogens with zero attached hydrogens (tertiary/aromatic N) is 1. The van der Waals surface area contributed by atoms with Gasteiger partial charge in [0.15, 0.2) is 0 Å². The van der Waals surface area contributed by atoms with Gasteiger partial charge in [-0.25, -0.2) is 0 Å². The minimum absolute atomic E-state index is 0.118. The minimum Gasteiger partial charge on any atom is -0.469 e. The molecule has 1 aromatic heterocycles. The quantitative estimate of drug-likeness (QED) is 0.682. The Morgan fingerprint density at radius 1 is 1.38 bits per heavy atom. The molecule has 16 heavy (non-hydrogen) atoms. The number of hydrogen-bond donors (Lipinski definition) is 0. The summed E-state index contributed by atoms with van der Waals surface area (Å²) in [4.78, 5) is 21.6. The zero-order valence-corrected chi connectivity index (χ0v) is 9.49. The number of Topliss-reactive ketones (excluding diaryl/α,β-unsaturated/α-hetero) is 1. The van der Waals surface area contributed by atoms with Gasteiger partial charge in [-0.05, 0) is 6.92 Å². The number of carbonyl (C=O) groups is 2. The lowest BCUT2D eigenvalue weighted by Crippen LogP contribution is -2.01. The molecular formula is C11H15NO4. The first-order valence-electron chi connectivity index (χ1n) is 5.12. The number of esters is 1. The van der Waals surface area contributed by atoms with E-state index in [1.165, 1.54) is 14.0 Å². The van der Waals surface area contributed by atoms with Gasteiger partial charge in [-0.2, -0.15) is 0 Å². The molecule has 0 aliphatic carbocycles. The molecule has 0 spiro atoms. The van der Waals surface area contributed by atoms with E-state index >= 15 is 0 Å². The van der Waals surface area contributed by atoms with Gasteiger partial charge in [0.25, 0.3) is 0 Å². The summed E-state index contributed by atoms with van der Waals surface area (Å²) in [7, 11) is 1.35. The lowest BCUT2D eigenvalue weighted by molar-refractivity contribution is -0.140. The third-order valence-electron chi connectivity index (χ3n) is 2.14. The molecule has 0 saturated carbocycles. The van der Waals surface area contributed by atoms with Crippen LogP contribution in [0.5, 0.6) is 0 Å². The average Bonchev–Trinajstić information content (AvgIpc) is 2.71. The van der Waals surface area contributed by atoms with Crippen LogP contribution in [0, 0.1) is 0 Å². The number of carbonyl (C=O) groups excluding carboxylic acids is 2. The number of rotatable bonds is 6. The predicted molar refractivity (Wildman–Crippen MR) is 55.8 cm³/mol. The molecule has 0 aliphatic heterocycles. The van der Waals surface area contributed by atoms with Crippen molar-refractivity contribution < 1.29 is 18.8 Å². The van der Waals surface area contributed by atoms with Crippen LogP contribution in [0.3, 0.4) is 0 Å². The van der Waals surface area contributed by atoms with Gasteiger partial charge in [-0.15, -0.1) is 0 Å². The van der Waals surface area contributed by atoms with E-state index in [0.29, 0.717) is 30.7 Å². The predicted octanol–water partition coefficient (Wildman–Crippen LogP) is 1.30. The fourth-order valence-electron chi connectivity index (χ4n) is 1.22. The standard InChI is InChI=1S/C11H15NO4/c1-8(13)3-5-10-7-9(12-16-10)4-6-11(14)15-2/h7H,3-6H2,1-2H3. The Morgan fingerprint density at radius 2 is 2.12 bits per heavy atom. The maximum absolute atomic E-state index is 10.9. The summed E-state index contributed by atoms with van der Waals surface area (Å²) in [6, 6.07) is 1.77. The molecule has 1 aromatic rings. The van der Waals surface area contributed by atoms with Crippen LogP contribution in [-0.2, 0) is 27.2 Å². The van der Waals surface area contributed by atoms with Crippen molar-refractivity contribution in [2.24, 2.45) is 0 Å². The molecule has 0 unspecified atom stereocenters. The van der Waals surface area contributed by atoms with E-state index in [1.54, 1.807) is 6.07 Å². The fraction of sp³-hybridized carbons (Fsp3) is 0.545. The molecule has 0 atom stereocenters. The van der Waals surface area contributed by atoms with E-state index in [2.05, 4.69) is 9.89 Å². The van der Waals surface area contributed by atoms with Gasteiger partial charge in [0.05, 0.1) is 19.2 Å². The van der Waals surface area contributed by atoms with Crippen molar-refractivity contribution >= 4 is 11.8 Å². The molecule has 0 aliphatic rings. The van der Waals surface area contributed by atoms with Gasteiger partial charge in [-0.3, -0.25) is 4.79 Å². The summed E-state index contributed by atoms with van der Waals surface area (Å²) >= 11 is 0. The molecule has 88 valence electrons. The van der Waals surface area contributed by atoms with Gasteiger partial charge in [0.1, 0.15) is 11.5 Å². The van der Waals surface area contributed by atoms with Crippen LogP contribution in [-0.4, -0.2) is 24.0 Å². The summed E-state index contributed by atoms with van der Waals surface area (Å²) in [6.07, 6.45) is 1.79. The summed E-state index contributed by atoms with van der Waals surface area (Å²) in [5, 5.41) is 3.81. The van der Waals surface area contributed by atoms with Crippen LogP contribution in [0.2, 0.25) is 0 Å². The third kappa shape index (κ3) is 4.25. The van der Waals surface area contributed by atoms with Crippen molar-refractivity contribution in [3.8, 4) is 0 Å². The minimum atomic E-state index is -0.270. The molecular weight excluding hydrogens is 210 g/mol. The fourth-order valence-corrected chi connectivity index (χ4v) is 1.22. The van der Waals surface area contributed by atoms with Crippen LogP contribution >= 0.6 is 0 Å². The Balaban J connectivity index is 2.39. The second kappa shape index (κ2) is 6.05. The van der Waals surface area contributed by atoms with Crippen LogP contribution in [0.1, 0.15) is 31.2 Å². The zero-order chi connectivity index (χ0) is 12.0. The first kappa shape index (κ1) is 12.4. The lowest BCUT2D eigenvalue weighted by atomic mass is 10.1. The molecule has 1 heterocycles. The maximum atomic E-state index is 10.9. The first-order valence-corrected chi connectivity index (χ1v) is 5.12. The van der Waals surface area contributed by atoms with E-state index in [0.717, 1.165) is 0 Å². The van der Waals surface area contributed by atoms with E-state index < -0.39 is 0 Å². The average molecular weight is 225 g/mol. The first-order chi connectivity index (χ1) is 7.61. The van der Waals surface area contributed by atoms with E-state index in [1.807, 2.05) is 0 Å². The van der Waals surface area contributed by atoms with Crippen LogP contribution < -0.4 is 0 Å². The Morgan fingerprint density at radius 3 is 2.75 bits per heavy atom. The van der Waals surface area contributed by atoms with Gasteiger partial charge in [0.2, 0.25) is 0 Å². The number of aromatic nitrogens is 1. The summed E-state index contributed by atoms with van der Waals surface area (Å²) in [6.45, 7) is 1.54. The highest BCUT2D eigenvalue weighted by atomic mass is 16.5. The highest BCUT2D eigenvalue weighted by molar-refractivity contribution is 5.75. The number of methoxy groups -OCH3 is 1. The van der Waals surface area contributed by atoms with Gasteiger partial charge < -0.3 is 14.1 Å². The Kier molecular flexibility index (Phi) is 4.69. The van der Waals surface area contributed by atoms with Gasteiger partial charge >= 0.3 is 5.97 Å². The van der Waals surface area contributed by atoms with Crippen molar-refractivity contribution in [3.05, 3.63) is 17.5 Å². The van der Waals surface area contributed by atoms with E-state index in [4.69, 9.17) is 4.52 Å². The Labute approximate surface area is 93.8 Å². The topological polar surface area (TPSA) is 69.4 Å². The Hall–Kier alpha value is -1.65. The molecule has 0 fully saturated rings. The SMILES string of the molecule is COC(=O)CCc1cc(CCC(C)=O)on1. The van der Waals surface area contributed by atoms with Crippen LogP contribution in [0.25, 0.3) is 0 Å². The summed E-state index contributed by atoms with van der Waals surface area (Å²) in [5.41, 5.74) is 0.712. The van der Waals surface area contributed by atoms with Crippen LogP contribution in [0.4, 0.5) is 0 Å². The highest BCUT2D eigenvalue weighted by Crippen LogP contribution is 2.08. The molecule has 0 aromatic carbocycles. The lowest BCUT2D eigenvalue weighted by Gasteiger charge is -1.94. The summed E-state index contributed by atoms with van der Waals surface area (Å²) in [5.74, 6) is 0.524. The van der Waals surface area contributed by atoms with Crippen molar-refractivity contribution in [2.75, 3.05) is 7.11 Å². The second-order valence-corrected chi connectivity index (χ2v) is 3.56. The molecule has 0 amide bonds. The van der Waals surface area contributed by atoms with Crippen molar-refractivity contribution in [3.63, 3.8) is 0 Å². The molecule has 5 heteroatoms. The molecule has 5 nitrogen and oxygen atoms in total. The zero-order valence-electron chi connectivity index (χ0n) is 9.49. The van der Waals surface area contributed by atoms with Crippen molar-refractivity contribution in [1.82, 2.24) is 5.16 Å². The largest absolute Gasteiger partial charge is 0.469 e. The number of hydrogen-bond acceptors (Lipinski definition) is 5. The second-order valence-electron chi connectivity index (χ2n) is 3.56. The van der Waals surface area contributed by atoms with Gasteiger partial charge in [-0.1, -0.05) is 5.16 Å². The molecule has 1 rings (SSSR count). The molecule has 0 saturated heterocycles. The monoisotopic (exact) mass is 225 g/mol. The van der Waals surface area contributed by atoms with Crippen LogP contribution in [0.15, 0.2) is 10.6 Å². The van der Waals surface area contributed by atoms with Gasteiger partial charge in [0, 0.05) is 25.3 Å². The molecule has 0 radical (unpaired) electrons. The smallest absolute Gasteiger partial charge is 0.305 e. The third-order valence-corrected chi connectivity index (χ3v) is 2.14. The van der Waals surface area contributed by atoms with Crippen molar-refractivity contribution in [2.45, 2.75) is 32.6 Å². The molecule has 0 bridgehead atoms. The Bertz CT molecular complexity index is 370. The summed E-state index contributed by atoms with van der Waals surface area (Å²) < 4.78 is 9.54. The number of ketones is 1. The van der Waals surface area contributed by atoms with Crippen molar-refractivity contribution in [1.29, 1.82) is 0 Å².